The Kier molecular flexibility index (Phi) is 3.01. The van der Waals surface area contributed by atoms with Gasteiger partial charge < -0.3 is 15.5 Å². The first-order valence-corrected chi connectivity index (χ1v) is 5.23. The molecule has 0 spiro atoms. The van der Waals surface area contributed by atoms with Gasteiger partial charge in [-0.05, 0) is 19.1 Å². The molecular weight excluding hydrogens is 242 g/mol. The van der Waals surface area contributed by atoms with Crippen LogP contribution in [-0.2, 0) is 0 Å². The summed E-state index contributed by atoms with van der Waals surface area (Å²) in [6, 6.07) is 5.00. The number of aryl methyl sites for hydroxylation is 1. The molecule has 0 unspecified atom stereocenters. The lowest BCUT2D eigenvalue weighted by Gasteiger charge is -2.07. The fourth-order valence-electron chi connectivity index (χ4n) is 1.35. The number of carbonyl (C=O) groups excluding carboxylic acids is 1. The predicted octanol–water partition coefficient (Wildman–Crippen LogP) is 2.47. The van der Waals surface area contributed by atoms with Crippen LogP contribution in [0.25, 0.3) is 0 Å². The Balaban J connectivity index is 2.25. The standard InChI is InChI=1S/C11H10ClN3O2/c1-6-10(17-5-14-6)11(16)15-8-4-2-3-7(13)9(8)12/h2-5H,13H2,1H3,(H,15,16). The second-order valence-corrected chi connectivity index (χ2v) is 3.81. The minimum atomic E-state index is -0.410. The molecule has 0 radical (unpaired) electrons. The number of anilines is 2. The minimum Gasteiger partial charge on any atom is -0.438 e. The molecule has 0 aliphatic rings. The van der Waals surface area contributed by atoms with E-state index in [1.54, 1.807) is 25.1 Å². The zero-order valence-electron chi connectivity index (χ0n) is 9.03. The van der Waals surface area contributed by atoms with Gasteiger partial charge in [0.25, 0.3) is 5.91 Å². The molecule has 17 heavy (non-hydrogen) atoms. The second kappa shape index (κ2) is 4.47. The molecule has 3 N–H and O–H groups in total. The highest BCUT2D eigenvalue weighted by Crippen LogP contribution is 2.28. The summed E-state index contributed by atoms with van der Waals surface area (Å²) in [5.41, 5.74) is 6.98. The molecule has 1 amide bonds. The summed E-state index contributed by atoms with van der Waals surface area (Å²) in [4.78, 5) is 15.6. The van der Waals surface area contributed by atoms with Gasteiger partial charge in [-0.3, -0.25) is 4.79 Å². The first kappa shape index (κ1) is 11.5. The van der Waals surface area contributed by atoms with Crippen molar-refractivity contribution in [3.63, 3.8) is 0 Å². The number of oxazole rings is 1. The quantitative estimate of drug-likeness (QED) is 0.804. The predicted molar refractivity (Wildman–Crippen MR) is 65.1 cm³/mol. The molecular formula is C11H10ClN3O2. The average Bonchev–Trinajstić information content (AvgIpc) is 2.71. The summed E-state index contributed by atoms with van der Waals surface area (Å²) in [6.45, 7) is 1.68. The maximum absolute atomic E-state index is 11.8. The van der Waals surface area contributed by atoms with Gasteiger partial charge in [-0.2, -0.15) is 0 Å². The number of carbonyl (C=O) groups is 1. The molecule has 88 valence electrons. The van der Waals surface area contributed by atoms with E-state index in [0.29, 0.717) is 22.1 Å². The van der Waals surface area contributed by atoms with E-state index in [1.165, 1.54) is 6.39 Å². The van der Waals surface area contributed by atoms with E-state index in [1.807, 2.05) is 0 Å². The zero-order chi connectivity index (χ0) is 12.4. The average molecular weight is 252 g/mol. The maximum atomic E-state index is 11.8. The van der Waals surface area contributed by atoms with E-state index in [4.69, 9.17) is 21.8 Å². The van der Waals surface area contributed by atoms with Gasteiger partial charge in [0.15, 0.2) is 6.39 Å². The molecule has 0 fully saturated rings. The van der Waals surface area contributed by atoms with E-state index >= 15 is 0 Å². The normalized spacial score (nSPS) is 10.2. The van der Waals surface area contributed by atoms with E-state index in [9.17, 15) is 4.79 Å². The van der Waals surface area contributed by atoms with Crippen molar-refractivity contribution >= 4 is 28.9 Å². The van der Waals surface area contributed by atoms with Crippen LogP contribution in [0.4, 0.5) is 11.4 Å². The van der Waals surface area contributed by atoms with Crippen LogP contribution in [0.5, 0.6) is 0 Å². The van der Waals surface area contributed by atoms with Crippen molar-refractivity contribution in [1.82, 2.24) is 4.98 Å². The van der Waals surface area contributed by atoms with E-state index in [0.717, 1.165) is 0 Å². The Labute approximate surface area is 103 Å². The number of aromatic nitrogens is 1. The van der Waals surface area contributed by atoms with Gasteiger partial charge in [-0.25, -0.2) is 4.98 Å². The van der Waals surface area contributed by atoms with Gasteiger partial charge in [0.05, 0.1) is 22.1 Å². The van der Waals surface area contributed by atoms with Crippen molar-refractivity contribution in [2.75, 3.05) is 11.1 Å². The highest BCUT2D eigenvalue weighted by molar-refractivity contribution is 6.36. The summed E-state index contributed by atoms with van der Waals surface area (Å²) in [5.74, 6) is -0.254. The summed E-state index contributed by atoms with van der Waals surface area (Å²) in [5, 5.41) is 2.91. The number of nitrogens with one attached hydrogen (secondary N) is 1. The molecule has 1 aromatic carbocycles. The molecule has 5 nitrogen and oxygen atoms in total. The van der Waals surface area contributed by atoms with E-state index in [2.05, 4.69) is 10.3 Å². The number of rotatable bonds is 2. The highest BCUT2D eigenvalue weighted by atomic mass is 35.5. The third-order valence-electron chi connectivity index (χ3n) is 2.23. The van der Waals surface area contributed by atoms with Gasteiger partial charge >= 0.3 is 0 Å². The van der Waals surface area contributed by atoms with Crippen LogP contribution in [-0.4, -0.2) is 10.9 Å². The number of nitrogens with two attached hydrogens (primary N) is 1. The number of nitrogens with zero attached hydrogens (tertiary/aromatic N) is 1. The molecule has 0 bridgehead atoms. The third kappa shape index (κ3) is 2.24. The second-order valence-electron chi connectivity index (χ2n) is 3.43. The lowest BCUT2D eigenvalue weighted by atomic mass is 10.2. The number of hydrogen-bond donors (Lipinski definition) is 2. The van der Waals surface area contributed by atoms with Crippen LogP contribution >= 0.6 is 11.6 Å². The number of nitrogen functional groups attached to an aromatic ring is 1. The number of halogens is 1. The van der Waals surface area contributed by atoms with Gasteiger partial charge in [0.2, 0.25) is 5.76 Å². The van der Waals surface area contributed by atoms with Crippen LogP contribution < -0.4 is 11.1 Å². The summed E-state index contributed by atoms with van der Waals surface area (Å²) in [7, 11) is 0. The molecule has 2 rings (SSSR count). The molecule has 1 heterocycles. The minimum absolute atomic E-state index is 0.156. The number of benzene rings is 1. The molecule has 0 aliphatic heterocycles. The zero-order valence-corrected chi connectivity index (χ0v) is 9.78. The van der Waals surface area contributed by atoms with E-state index < -0.39 is 5.91 Å². The van der Waals surface area contributed by atoms with Crippen LogP contribution in [0.2, 0.25) is 5.02 Å². The smallest absolute Gasteiger partial charge is 0.293 e. The maximum Gasteiger partial charge on any atom is 0.293 e. The molecule has 0 saturated heterocycles. The summed E-state index contributed by atoms with van der Waals surface area (Å²) < 4.78 is 4.97. The Hall–Kier alpha value is -2.01. The van der Waals surface area contributed by atoms with Crippen LogP contribution in [0, 0.1) is 6.92 Å². The van der Waals surface area contributed by atoms with Gasteiger partial charge in [-0.15, -0.1) is 0 Å². The summed E-state index contributed by atoms with van der Waals surface area (Å²) >= 11 is 5.95. The molecule has 0 aliphatic carbocycles. The van der Waals surface area contributed by atoms with Gasteiger partial charge in [0, 0.05) is 0 Å². The van der Waals surface area contributed by atoms with Gasteiger partial charge in [0.1, 0.15) is 0 Å². The number of amides is 1. The molecule has 2 aromatic rings. The van der Waals surface area contributed by atoms with E-state index in [-0.39, 0.29) is 5.76 Å². The summed E-state index contributed by atoms with van der Waals surface area (Å²) in [6.07, 6.45) is 1.21. The fourth-order valence-corrected chi connectivity index (χ4v) is 1.52. The van der Waals surface area contributed by atoms with Crippen LogP contribution in [0.3, 0.4) is 0 Å². The van der Waals surface area contributed by atoms with Crippen molar-refractivity contribution in [2.45, 2.75) is 6.92 Å². The lowest BCUT2D eigenvalue weighted by molar-refractivity contribution is 0.0996. The Morgan fingerprint density at radius 1 is 1.53 bits per heavy atom. The largest absolute Gasteiger partial charge is 0.438 e. The highest BCUT2D eigenvalue weighted by Gasteiger charge is 2.15. The monoisotopic (exact) mass is 251 g/mol. The first-order valence-electron chi connectivity index (χ1n) is 4.85. The lowest BCUT2D eigenvalue weighted by Crippen LogP contribution is -2.12. The Morgan fingerprint density at radius 2 is 2.29 bits per heavy atom. The molecule has 0 saturated carbocycles. The van der Waals surface area contributed by atoms with Crippen molar-refractivity contribution in [3.05, 3.63) is 41.1 Å². The Bertz CT molecular complexity index is 566. The molecule has 1 aromatic heterocycles. The van der Waals surface area contributed by atoms with Crippen LogP contribution in [0.1, 0.15) is 16.2 Å². The molecule has 0 atom stereocenters. The van der Waals surface area contributed by atoms with Crippen molar-refractivity contribution in [2.24, 2.45) is 0 Å². The fraction of sp³-hybridized carbons (Fsp3) is 0.0909. The van der Waals surface area contributed by atoms with Gasteiger partial charge in [-0.1, -0.05) is 17.7 Å². The first-order chi connectivity index (χ1) is 8.09. The van der Waals surface area contributed by atoms with Crippen LogP contribution in [0.15, 0.2) is 29.0 Å². The SMILES string of the molecule is Cc1ncoc1C(=O)Nc1cccc(N)c1Cl. The Morgan fingerprint density at radius 3 is 2.94 bits per heavy atom. The van der Waals surface area contributed by atoms with Crippen molar-refractivity contribution < 1.29 is 9.21 Å². The van der Waals surface area contributed by atoms with Crippen molar-refractivity contribution in [3.8, 4) is 0 Å². The topological polar surface area (TPSA) is 81.2 Å². The number of hydrogen-bond acceptors (Lipinski definition) is 4. The van der Waals surface area contributed by atoms with Crippen molar-refractivity contribution in [1.29, 1.82) is 0 Å². The third-order valence-corrected chi connectivity index (χ3v) is 2.65. The molecule has 6 heteroatoms.